The maximum Gasteiger partial charge on any atom is 0.255 e. The first-order chi connectivity index (χ1) is 8.97. The fourth-order valence-corrected chi connectivity index (χ4v) is 3.58. The van der Waals surface area contributed by atoms with Crippen LogP contribution in [-0.2, 0) is 0 Å². The molecule has 0 saturated heterocycles. The van der Waals surface area contributed by atoms with E-state index in [0.717, 1.165) is 23.8 Å². The zero-order chi connectivity index (χ0) is 14.0. The summed E-state index contributed by atoms with van der Waals surface area (Å²) in [6.45, 7) is 2.00. The van der Waals surface area contributed by atoms with E-state index in [1.165, 1.54) is 0 Å². The molecule has 0 aliphatic heterocycles. The van der Waals surface area contributed by atoms with Gasteiger partial charge >= 0.3 is 0 Å². The SMILES string of the molecule is Cc1cc(Br)c(NC(=O)c2ccc(I)cc2)c(Br)c1. The van der Waals surface area contributed by atoms with Crippen LogP contribution < -0.4 is 5.32 Å². The minimum atomic E-state index is -0.123. The lowest BCUT2D eigenvalue weighted by Gasteiger charge is -2.11. The molecule has 1 amide bonds. The molecule has 0 fully saturated rings. The Morgan fingerprint density at radius 1 is 1.11 bits per heavy atom. The maximum atomic E-state index is 12.2. The second-order valence-electron chi connectivity index (χ2n) is 4.06. The first-order valence-corrected chi connectivity index (χ1v) is 8.16. The zero-order valence-corrected chi connectivity index (χ0v) is 15.3. The Kier molecular flexibility index (Phi) is 5.03. The maximum absolute atomic E-state index is 12.2. The summed E-state index contributed by atoms with van der Waals surface area (Å²) in [5.41, 5.74) is 2.50. The number of amides is 1. The van der Waals surface area contributed by atoms with Crippen molar-refractivity contribution in [1.29, 1.82) is 0 Å². The summed E-state index contributed by atoms with van der Waals surface area (Å²) in [5.74, 6) is -0.123. The second-order valence-corrected chi connectivity index (χ2v) is 7.02. The predicted molar refractivity (Wildman–Crippen MR) is 93.7 cm³/mol. The number of anilines is 1. The average Bonchev–Trinajstić information content (AvgIpc) is 2.34. The predicted octanol–water partition coefficient (Wildman–Crippen LogP) is 5.38. The van der Waals surface area contributed by atoms with Gasteiger partial charge in [0, 0.05) is 18.1 Å². The summed E-state index contributed by atoms with van der Waals surface area (Å²) in [4.78, 5) is 12.2. The number of carbonyl (C=O) groups is 1. The van der Waals surface area contributed by atoms with E-state index in [9.17, 15) is 4.79 Å². The van der Waals surface area contributed by atoms with Crippen molar-refractivity contribution in [3.8, 4) is 0 Å². The molecular formula is C14H10Br2INO. The van der Waals surface area contributed by atoms with Gasteiger partial charge in [-0.2, -0.15) is 0 Å². The van der Waals surface area contributed by atoms with Crippen LogP contribution in [0.15, 0.2) is 45.3 Å². The number of hydrogen-bond acceptors (Lipinski definition) is 1. The smallest absolute Gasteiger partial charge is 0.255 e. The normalized spacial score (nSPS) is 10.3. The quantitative estimate of drug-likeness (QED) is 0.558. The molecule has 0 aliphatic carbocycles. The first kappa shape index (κ1) is 15.0. The minimum absolute atomic E-state index is 0.123. The van der Waals surface area contributed by atoms with Gasteiger partial charge in [-0.3, -0.25) is 4.79 Å². The van der Waals surface area contributed by atoms with Crippen molar-refractivity contribution in [2.24, 2.45) is 0 Å². The zero-order valence-electron chi connectivity index (χ0n) is 10.0. The Morgan fingerprint density at radius 3 is 2.16 bits per heavy atom. The number of halogens is 3. The first-order valence-electron chi connectivity index (χ1n) is 5.50. The summed E-state index contributed by atoms with van der Waals surface area (Å²) >= 11 is 9.14. The number of nitrogens with one attached hydrogen (secondary N) is 1. The van der Waals surface area contributed by atoms with Gasteiger partial charge in [-0.15, -0.1) is 0 Å². The van der Waals surface area contributed by atoms with Crippen LogP contribution in [0.2, 0.25) is 0 Å². The van der Waals surface area contributed by atoms with Crippen molar-refractivity contribution in [1.82, 2.24) is 0 Å². The van der Waals surface area contributed by atoms with Crippen LogP contribution in [-0.4, -0.2) is 5.91 Å². The number of carbonyl (C=O) groups excluding carboxylic acids is 1. The average molecular weight is 495 g/mol. The van der Waals surface area contributed by atoms with E-state index in [-0.39, 0.29) is 5.91 Å². The highest BCUT2D eigenvalue weighted by Crippen LogP contribution is 2.32. The van der Waals surface area contributed by atoms with Gasteiger partial charge in [-0.05, 0) is 103 Å². The molecule has 98 valence electrons. The molecule has 0 heterocycles. The Labute approximate surface area is 142 Å². The Hall–Kier alpha value is -0.400. The van der Waals surface area contributed by atoms with Crippen LogP contribution >= 0.6 is 54.5 Å². The van der Waals surface area contributed by atoms with Crippen molar-refractivity contribution in [3.63, 3.8) is 0 Å². The van der Waals surface area contributed by atoms with Gasteiger partial charge < -0.3 is 5.32 Å². The van der Waals surface area contributed by atoms with E-state index < -0.39 is 0 Å². The summed E-state index contributed by atoms with van der Waals surface area (Å²) in [7, 11) is 0. The molecule has 0 bridgehead atoms. The standard InChI is InChI=1S/C14H10Br2INO/c1-8-6-11(15)13(12(16)7-8)18-14(19)9-2-4-10(17)5-3-9/h2-7H,1H3,(H,18,19). The van der Waals surface area contributed by atoms with E-state index >= 15 is 0 Å². The van der Waals surface area contributed by atoms with Gasteiger partial charge in [-0.25, -0.2) is 0 Å². The van der Waals surface area contributed by atoms with E-state index in [1.54, 1.807) is 0 Å². The van der Waals surface area contributed by atoms with Crippen molar-refractivity contribution in [2.75, 3.05) is 5.32 Å². The van der Waals surface area contributed by atoms with Crippen LogP contribution in [0.4, 0.5) is 5.69 Å². The Balaban J connectivity index is 2.26. The summed E-state index contributed by atoms with van der Waals surface area (Å²) in [5, 5.41) is 2.91. The molecule has 2 nitrogen and oxygen atoms in total. The highest BCUT2D eigenvalue weighted by molar-refractivity contribution is 14.1. The molecule has 0 spiro atoms. The van der Waals surface area contributed by atoms with Gasteiger partial charge in [0.15, 0.2) is 0 Å². The summed E-state index contributed by atoms with van der Waals surface area (Å²) < 4.78 is 2.82. The van der Waals surface area contributed by atoms with E-state index in [4.69, 9.17) is 0 Å². The number of benzene rings is 2. The number of aryl methyl sites for hydroxylation is 1. The third kappa shape index (κ3) is 3.79. The van der Waals surface area contributed by atoms with E-state index in [2.05, 4.69) is 59.8 Å². The van der Waals surface area contributed by atoms with Crippen LogP contribution in [0.5, 0.6) is 0 Å². The monoisotopic (exact) mass is 493 g/mol. The lowest BCUT2D eigenvalue weighted by molar-refractivity contribution is 0.102. The molecule has 2 aromatic rings. The molecule has 2 rings (SSSR count). The molecular weight excluding hydrogens is 485 g/mol. The second kappa shape index (κ2) is 6.37. The van der Waals surface area contributed by atoms with Crippen LogP contribution in [0.1, 0.15) is 15.9 Å². The highest BCUT2D eigenvalue weighted by atomic mass is 127. The number of rotatable bonds is 2. The Bertz CT molecular complexity index is 603. The van der Waals surface area contributed by atoms with Gasteiger partial charge in [0.1, 0.15) is 0 Å². The molecule has 5 heteroatoms. The highest BCUT2D eigenvalue weighted by Gasteiger charge is 2.11. The molecule has 0 radical (unpaired) electrons. The molecule has 0 aromatic heterocycles. The van der Waals surface area contributed by atoms with Gasteiger partial charge in [0.25, 0.3) is 5.91 Å². The molecule has 0 atom stereocenters. The molecule has 1 N–H and O–H groups in total. The molecule has 0 unspecified atom stereocenters. The van der Waals surface area contributed by atoms with Gasteiger partial charge in [0.2, 0.25) is 0 Å². The molecule has 0 saturated carbocycles. The molecule has 0 aliphatic rings. The topological polar surface area (TPSA) is 29.1 Å². The van der Waals surface area contributed by atoms with Gasteiger partial charge in [0.05, 0.1) is 5.69 Å². The van der Waals surface area contributed by atoms with Crippen LogP contribution in [0.3, 0.4) is 0 Å². The fourth-order valence-electron chi connectivity index (χ4n) is 1.61. The van der Waals surface area contributed by atoms with Gasteiger partial charge in [-0.1, -0.05) is 0 Å². The summed E-state index contributed by atoms with van der Waals surface area (Å²) in [6.07, 6.45) is 0. The molecule has 2 aromatic carbocycles. The van der Waals surface area contributed by atoms with E-state index in [0.29, 0.717) is 5.56 Å². The number of hydrogen-bond donors (Lipinski definition) is 1. The van der Waals surface area contributed by atoms with Crippen LogP contribution in [0.25, 0.3) is 0 Å². The van der Waals surface area contributed by atoms with Crippen molar-refractivity contribution in [2.45, 2.75) is 6.92 Å². The summed E-state index contributed by atoms with van der Waals surface area (Å²) in [6, 6.07) is 11.4. The van der Waals surface area contributed by atoms with Crippen molar-refractivity contribution in [3.05, 3.63) is 60.0 Å². The Morgan fingerprint density at radius 2 is 1.63 bits per heavy atom. The third-order valence-electron chi connectivity index (χ3n) is 2.53. The van der Waals surface area contributed by atoms with Crippen molar-refractivity contribution >= 4 is 66.0 Å². The lowest BCUT2D eigenvalue weighted by atomic mass is 10.2. The fraction of sp³-hybridized carbons (Fsp3) is 0.0714. The minimum Gasteiger partial charge on any atom is -0.320 e. The van der Waals surface area contributed by atoms with Crippen LogP contribution in [0, 0.1) is 10.5 Å². The third-order valence-corrected chi connectivity index (χ3v) is 4.50. The van der Waals surface area contributed by atoms with E-state index in [1.807, 2.05) is 43.3 Å². The molecule has 19 heavy (non-hydrogen) atoms. The lowest BCUT2D eigenvalue weighted by Crippen LogP contribution is -2.12. The van der Waals surface area contributed by atoms with Crippen molar-refractivity contribution < 1.29 is 4.79 Å². The largest absolute Gasteiger partial charge is 0.320 e.